The molecule has 0 spiro atoms. The fourth-order valence-electron chi connectivity index (χ4n) is 2.81. The average molecular weight is 237 g/mol. The lowest BCUT2D eigenvalue weighted by molar-refractivity contribution is 0.445. The van der Waals surface area contributed by atoms with Crippen molar-refractivity contribution in [3.8, 4) is 0 Å². The summed E-state index contributed by atoms with van der Waals surface area (Å²) < 4.78 is 2.46. The Morgan fingerprint density at radius 2 is 2.19 bits per heavy atom. The van der Waals surface area contributed by atoms with Gasteiger partial charge in [-0.1, -0.05) is 0 Å². The van der Waals surface area contributed by atoms with Gasteiger partial charge in [-0.3, -0.25) is 0 Å². The van der Waals surface area contributed by atoms with Crippen LogP contribution in [0.25, 0.3) is 0 Å². The van der Waals surface area contributed by atoms with E-state index in [2.05, 4.69) is 32.8 Å². The molecule has 3 rings (SSSR count). The summed E-state index contributed by atoms with van der Waals surface area (Å²) in [6.07, 6.45) is 8.03. The molecule has 0 amide bonds. The molecule has 1 aromatic rings. The number of aromatic nitrogens is 2. The fourth-order valence-corrected chi connectivity index (χ4v) is 3.89. The standard InChI is InChI=1S/C12H19N3S/c1-4-13-7-10(1)12-8-14-9-15(12)11-2-5-16-6-3-11/h8-11,13H,1-7H2. The molecule has 0 bridgehead atoms. The van der Waals surface area contributed by atoms with Crippen LogP contribution in [0.5, 0.6) is 0 Å². The molecule has 0 aromatic carbocycles. The summed E-state index contributed by atoms with van der Waals surface area (Å²) in [6.45, 7) is 2.30. The summed E-state index contributed by atoms with van der Waals surface area (Å²) in [5, 5.41) is 3.45. The fraction of sp³-hybridized carbons (Fsp3) is 0.750. The molecule has 0 aliphatic carbocycles. The number of hydrogen-bond donors (Lipinski definition) is 1. The van der Waals surface area contributed by atoms with Crippen molar-refractivity contribution in [1.82, 2.24) is 14.9 Å². The molecule has 1 unspecified atom stereocenters. The maximum Gasteiger partial charge on any atom is 0.0950 e. The minimum absolute atomic E-state index is 0.692. The normalized spacial score (nSPS) is 27.4. The predicted molar refractivity (Wildman–Crippen MR) is 68.1 cm³/mol. The summed E-state index contributed by atoms with van der Waals surface area (Å²) in [4.78, 5) is 4.37. The largest absolute Gasteiger partial charge is 0.331 e. The highest BCUT2D eigenvalue weighted by Crippen LogP contribution is 2.31. The summed E-state index contributed by atoms with van der Waals surface area (Å²) in [5.74, 6) is 3.31. The van der Waals surface area contributed by atoms with Crippen molar-refractivity contribution in [2.24, 2.45) is 0 Å². The maximum absolute atomic E-state index is 4.37. The van der Waals surface area contributed by atoms with Crippen molar-refractivity contribution >= 4 is 11.8 Å². The SMILES string of the molecule is c1ncn(C2CCSCC2)c1C1CCNC1. The van der Waals surface area contributed by atoms with Crippen LogP contribution in [0.1, 0.15) is 36.9 Å². The predicted octanol–water partition coefficient (Wildman–Crippen LogP) is 2.03. The van der Waals surface area contributed by atoms with Gasteiger partial charge in [-0.2, -0.15) is 11.8 Å². The molecule has 4 heteroatoms. The number of thioether (sulfide) groups is 1. The van der Waals surface area contributed by atoms with E-state index in [4.69, 9.17) is 0 Å². The summed E-state index contributed by atoms with van der Waals surface area (Å²) >= 11 is 2.09. The summed E-state index contributed by atoms with van der Waals surface area (Å²) in [7, 11) is 0. The smallest absolute Gasteiger partial charge is 0.0950 e. The number of imidazole rings is 1. The van der Waals surface area contributed by atoms with Gasteiger partial charge in [0.25, 0.3) is 0 Å². The van der Waals surface area contributed by atoms with E-state index in [0.29, 0.717) is 12.0 Å². The van der Waals surface area contributed by atoms with Gasteiger partial charge in [-0.25, -0.2) is 4.98 Å². The Kier molecular flexibility index (Phi) is 3.20. The Morgan fingerprint density at radius 1 is 1.31 bits per heavy atom. The van der Waals surface area contributed by atoms with E-state index in [1.165, 1.54) is 36.5 Å². The van der Waals surface area contributed by atoms with Crippen LogP contribution in [0, 0.1) is 0 Å². The van der Waals surface area contributed by atoms with Crippen LogP contribution in [0.15, 0.2) is 12.5 Å². The zero-order chi connectivity index (χ0) is 10.8. The van der Waals surface area contributed by atoms with E-state index in [1.807, 2.05) is 6.33 Å². The highest BCUT2D eigenvalue weighted by molar-refractivity contribution is 7.99. The molecule has 1 aromatic heterocycles. The Bertz CT molecular complexity index is 338. The molecule has 1 N–H and O–H groups in total. The van der Waals surface area contributed by atoms with Crippen molar-refractivity contribution in [2.75, 3.05) is 24.6 Å². The van der Waals surface area contributed by atoms with Crippen LogP contribution in [0.3, 0.4) is 0 Å². The van der Waals surface area contributed by atoms with Crippen molar-refractivity contribution in [2.45, 2.75) is 31.2 Å². The zero-order valence-corrected chi connectivity index (χ0v) is 10.4. The highest BCUT2D eigenvalue weighted by atomic mass is 32.2. The monoisotopic (exact) mass is 237 g/mol. The van der Waals surface area contributed by atoms with Crippen LogP contribution >= 0.6 is 11.8 Å². The lowest BCUT2D eigenvalue weighted by Gasteiger charge is -2.26. The lowest BCUT2D eigenvalue weighted by Crippen LogP contribution is -2.19. The molecule has 0 saturated carbocycles. The van der Waals surface area contributed by atoms with Crippen molar-refractivity contribution in [1.29, 1.82) is 0 Å². The molecule has 0 radical (unpaired) electrons. The van der Waals surface area contributed by atoms with Crippen LogP contribution in [0.2, 0.25) is 0 Å². The summed E-state index contributed by atoms with van der Waals surface area (Å²) in [6, 6.07) is 0.708. The van der Waals surface area contributed by atoms with Gasteiger partial charge in [0.2, 0.25) is 0 Å². The Balaban J connectivity index is 1.80. The van der Waals surface area contributed by atoms with Gasteiger partial charge in [0.1, 0.15) is 0 Å². The first-order valence-corrected chi connectivity index (χ1v) is 7.41. The molecule has 2 saturated heterocycles. The maximum atomic E-state index is 4.37. The topological polar surface area (TPSA) is 29.9 Å². The van der Waals surface area contributed by atoms with E-state index >= 15 is 0 Å². The first-order chi connectivity index (χ1) is 7.95. The van der Waals surface area contributed by atoms with E-state index in [-0.39, 0.29) is 0 Å². The van der Waals surface area contributed by atoms with Crippen LogP contribution in [-0.2, 0) is 0 Å². The molecule has 2 aliphatic heterocycles. The summed E-state index contributed by atoms with van der Waals surface area (Å²) in [5.41, 5.74) is 1.46. The minimum Gasteiger partial charge on any atom is -0.331 e. The number of nitrogens with one attached hydrogen (secondary N) is 1. The Labute approximate surface area is 101 Å². The van der Waals surface area contributed by atoms with Crippen molar-refractivity contribution in [3.05, 3.63) is 18.2 Å². The average Bonchev–Trinajstić information content (AvgIpc) is 3.01. The molecule has 3 heterocycles. The molecule has 2 aliphatic rings. The van der Waals surface area contributed by atoms with Gasteiger partial charge in [-0.05, 0) is 37.3 Å². The van der Waals surface area contributed by atoms with Crippen LogP contribution < -0.4 is 5.32 Å². The third kappa shape index (κ3) is 2.00. The van der Waals surface area contributed by atoms with Crippen LogP contribution in [0.4, 0.5) is 0 Å². The van der Waals surface area contributed by atoms with Gasteiger partial charge in [0.15, 0.2) is 0 Å². The second kappa shape index (κ2) is 4.80. The molecule has 1 atom stereocenters. The van der Waals surface area contributed by atoms with E-state index in [1.54, 1.807) is 0 Å². The molecule has 2 fully saturated rings. The molecule has 16 heavy (non-hydrogen) atoms. The van der Waals surface area contributed by atoms with E-state index < -0.39 is 0 Å². The number of nitrogens with zero attached hydrogens (tertiary/aromatic N) is 2. The molecule has 3 nitrogen and oxygen atoms in total. The van der Waals surface area contributed by atoms with Gasteiger partial charge in [0, 0.05) is 30.4 Å². The van der Waals surface area contributed by atoms with E-state index in [9.17, 15) is 0 Å². The second-order valence-corrected chi connectivity index (χ2v) is 5.98. The highest BCUT2D eigenvalue weighted by Gasteiger charge is 2.24. The zero-order valence-electron chi connectivity index (χ0n) is 9.56. The van der Waals surface area contributed by atoms with E-state index in [0.717, 1.165) is 13.1 Å². The Hall–Kier alpha value is -0.480. The van der Waals surface area contributed by atoms with Crippen LogP contribution in [-0.4, -0.2) is 34.1 Å². The minimum atomic E-state index is 0.692. The lowest BCUT2D eigenvalue weighted by atomic mass is 10.0. The molecular formula is C12H19N3S. The van der Waals surface area contributed by atoms with Gasteiger partial charge >= 0.3 is 0 Å². The van der Waals surface area contributed by atoms with Gasteiger partial charge in [0.05, 0.1) is 6.33 Å². The quantitative estimate of drug-likeness (QED) is 0.853. The third-order valence-electron chi connectivity index (χ3n) is 3.76. The molecular weight excluding hydrogens is 218 g/mol. The number of hydrogen-bond acceptors (Lipinski definition) is 3. The first kappa shape index (κ1) is 10.7. The Morgan fingerprint density at radius 3 is 2.94 bits per heavy atom. The van der Waals surface area contributed by atoms with Gasteiger partial charge < -0.3 is 9.88 Å². The number of rotatable bonds is 2. The second-order valence-electron chi connectivity index (χ2n) is 4.76. The van der Waals surface area contributed by atoms with Crippen molar-refractivity contribution < 1.29 is 0 Å². The van der Waals surface area contributed by atoms with Gasteiger partial charge in [-0.15, -0.1) is 0 Å². The third-order valence-corrected chi connectivity index (χ3v) is 4.81. The molecule has 88 valence electrons. The van der Waals surface area contributed by atoms with Crippen molar-refractivity contribution in [3.63, 3.8) is 0 Å². The first-order valence-electron chi connectivity index (χ1n) is 6.25.